The molecule has 2 aromatic heterocycles. The van der Waals surface area contributed by atoms with Gasteiger partial charge >= 0.3 is 0 Å². The molecule has 3 aromatic rings. The van der Waals surface area contributed by atoms with E-state index in [-0.39, 0.29) is 23.6 Å². The maximum absolute atomic E-state index is 12.7. The van der Waals surface area contributed by atoms with E-state index in [0.29, 0.717) is 48.2 Å². The number of rotatable bonds is 2. The zero-order chi connectivity index (χ0) is 19.0. The van der Waals surface area contributed by atoms with Gasteiger partial charge in [0.15, 0.2) is 0 Å². The molecule has 0 atom stereocenters. The lowest BCUT2D eigenvalue weighted by Crippen LogP contribution is -2.38. The summed E-state index contributed by atoms with van der Waals surface area (Å²) in [5.74, 6) is 0.405. The van der Waals surface area contributed by atoms with E-state index in [2.05, 4.69) is 15.0 Å². The number of nitrogens with one attached hydrogen (secondary N) is 1. The fourth-order valence-corrected chi connectivity index (χ4v) is 3.45. The van der Waals surface area contributed by atoms with Crippen LogP contribution in [0.4, 0.5) is 0 Å². The highest BCUT2D eigenvalue weighted by molar-refractivity contribution is 5.79. The predicted octanol–water partition coefficient (Wildman–Crippen LogP) is 0.416. The Morgan fingerprint density at radius 1 is 1.19 bits per heavy atom. The first-order valence-electron chi connectivity index (χ1n) is 8.83. The lowest BCUT2D eigenvalue weighted by atomic mass is 10.1. The summed E-state index contributed by atoms with van der Waals surface area (Å²) >= 11 is 0. The Kier molecular flexibility index (Phi) is 4.31. The first-order chi connectivity index (χ1) is 13.0. The lowest BCUT2D eigenvalue weighted by Gasteiger charge is -2.20. The summed E-state index contributed by atoms with van der Waals surface area (Å²) in [5.41, 5.74) is 1.62. The molecule has 1 aliphatic rings. The van der Waals surface area contributed by atoms with Crippen molar-refractivity contribution in [3.05, 3.63) is 68.4 Å². The number of aryl methyl sites for hydroxylation is 1. The number of aromatic amines is 1. The number of hydrogen-bond acceptors (Lipinski definition) is 5. The molecule has 8 nitrogen and oxygen atoms in total. The molecule has 8 heteroatoms. The molecule has 1 N–H and O–H groups in total. The molecule has 1 amide bonds. The molecular weight excluding hydrogens is 346 g/mol. The average molecular weight is 365 g/mol. The van der Waals surface area contributed by atoms with Crippen LogP contribution in [0.3, 0.4) is 0 Å². The van der Waals surface area contributed by atoms with Crippen LogP contribution in [0, 0.1) is 6.92 Å². The standard InChI is InChI=1S/C19H19N5O3/c1-12-21-16-7-9-23(8-6-13(16)18(26)22-12)17(25)10-24-11-20-15-5-3-2-4-14(15)19(24)27/h2-5,11H,6-10H2,1H3,(H,21,22,26). The van der Waals surface area contributed by atoms with Crippen molar-refractivity contribution in [3.63, 3.8) is 0 Å². The topological polar surface area (TPSA) is 101 Å². The van der Waals surface area contributed by atoms with Crippen LogP contribution in [0.5, 0.6) is 0 Å². The van der Waals surface area contributed by atoms with E-state index < -0.39 is 0 Å². The van der Waals surface area contributed by atoms with E-state index in [9.17, 15) is 14.4 Å². The SMILES string of the molecule is Cc1nc2c(c(=O)[nH]1)CCN(C(=O)Cn1cnc3ccccc3c1=O)CC2. The Bertz CT molecular complexity index is 1150. The maximum atomic E-state index is 12.7. The molecule has 0 bridgehead atoms. The van der Waals surface area contributed by atoms with Crippen molar-refractivity contribution in [2.45, 2.75) is 26.3 Å². The van der Waals surface area contributed by atoms with Crippen LogP contribution in [-0.4, -0.2) is 43.4 Å². The largest absolute Gasteiger partial charge is 0.340 e. The van der Waals surface area contributed by atoms with E-state index in [1.807, 2.05) is 6.07 Å². The molecule has 27 heavy (non-hydrogen) atoms. The summed E-state index contributed by atoms with van der Waals surface area (Å²) in [7, 11) is 0. The molecular formula is C19H19N5O3. The minimum Gasteiger partial charge on any atom is -0.340 e. The number of carbonyl (C=O) groups is 1. The Hall–Kier alpha value is -3.29. The van der Waals surface area contributed by atoms with E-state index in [1.165, 1.54) is 10.9 Å². The predicted molar refractivity (Wildman–Crippen MR) is 99.6 cm³/mol. The monoisotopic (exact) mass is 365 g/mol. The van der Waals surface area contributed by atoms with Crippen LogP contribution in [0.25, 0.3) is 10.9 Å². The molecule has 4 rings (SSSR count). The second-order valence-electron chi connectivity index (χ2n) is 6.65. The second-order valence-corrected chi connectivity index (χ2v) is 6.65. The fourth-order valence-electron chi connectivity index (χ4n) is 3.45. The third-order valence-electron chi connectivity index (χ3n) is 4.86. The number of aromatic nitrogens is 4. The van der Waals surface area contributed by atoms with E-state index in [1.54, 1.807) is 30.0 Å². The van der Waals surface area contributed by atoms with Gasteiger partial charge in [0.05, 0.1) is 22.9 Å². The van der Waals surface area contributed by atoms with Crippen LogP contribution in [-0.2, 0) is 24.2 Å². The minimum absolute atomic E-state index is 0.0736. The summed E-state index contributed by atoms with van der Waals surface area (Å²) in [5, 5.41) is 0.488. The molecule has 0 fully saturated rings. The summed E-state index contributed by atoms with van der Waals surface area (Å²) in [6.07, 6.45) is 2.38. The number of nitrogens with zero attached hydrogens (tertiary/aromatic N) is 4. The Morgan fingerprint density at radius 3 is 2.81 bits per heavy atom. The molecule has 0 saturated heterocycles. The molecule has 138 valence electrons. The van der Waals surface area contributed by atoms with Gasteiger partial charge in [-0.3, -0.25) is 19.0 Å². The quantitative estimate of drug-likeness (QED) is 0.709. The third kappa shape index (κ3) is 3.25. The number of amides is 1. The van der Waals surface area contributed by atoms with Crippen molar-refractivity contribution in [1.29, 1.82) is 0 Å². The average Bonchev–Trinajstić information content (AvgIpc) is 2.87. The van der Waals surface area contributed by atoms with Gasteiger partial charge < -0.3 is 9.88 Å². The summed E-state index contributed by atoms with van der Waals surface area (Å²) in [4.78, 5) is 50.5. The molecule has 0 radical (unpaired) electrons. The van der Waals surface area contributed by atoms with E-state index >= 15 is 0 Å². The summed E-state index contributed by atoms with van der Waals surface area (Å²) < 4.78 is 1.33. The van der Waals surface area contributed by atoms with E-state index in [0.717, 1.165) is 5.69 Å². The zero-order valence-electron chi connectivity index (χ0n) is 14.9. The first kappa shape index (κ1) is 17.1. The number of carbonyl (C=O) groups excluding carboxylic acids is 1. The van der Waals surface area contributed by atoms with Crippen LogP contribution < -0.4 is 11.1 Å². The van der Waals surface area contributed by atoms with Gasteiger partial charge in [0.1, 0.15) is 12.4 Å². The van der Waals surface area contributed by atoms with E-state index in [4.69, 9.17) is 0 Å². The van der Waals surface area contributed by atoms with Crippen molar-refractivity contribution >= 4 is 16.8 Å². The van der Waals surface area contributed by atoms with Gasteiger partial charge in [0.2, 0.25) is 5.91 Å². The van der Waals surface area contributed by atoms with Crippen LogP contribution in [0.15, 0.2) is 40.2 Å². The van der Waals surface area contributed by atoms with Gasteiger partial charge in [-0.05, 0) is 25.5 Å². The van der Waals surface area contributed by atoms with Crippen LogP contribution >= 0.6 is 0 Å². The molecule has 3 heterocycles. The minimum atomic E-state index is -0.235. The number of H-pyrrole nitrogens is 1. The van der Waals surface area contributed by atoms with Crippen molar-refractivity contribution < 1.29 is 4.79 Å². The lowest BCUT2D eigenvalue weighted by molar-refractivity contribution is -0.131. The Balaban J connectivity index is 1.55. The van der Waals surface area contributed by atoms with Crippen molar-refractivity contribution in [1.82, 2.24) is 24.4 Å². The molecule has 1 aromatic carbocycles. The molecule has 0 spiro atoms. The van der Waals surface area contributed by atoms with Crippen LogP contribution in [0.1, 0.15) is 17.1 Å². The van der Waals surface area contributed by atoms with Gasteiger partial charge in [0, 0.05) is 25.1 Å². The second kappa shape index (κ2) is 6.79. The summed E-state index contributed by atoms with van der Waals surface area (Å²) in [6.45, 7) is 2.57. The Labute approximate surface area is 154 Å². The highest BCUT2D eigenvalue weighted by Crippen LogP contribution is 2.11. The summed E-state index contributed by atoms with van der Waals surface area (Å²) in [6, 6.07) is 7.06. The highest BCUT2D eigenvalue weighted by atomic mass is 16.2. The van der Waals surface area contributed by atoms with Crippen molar-refractivity contribution in [2.75, 3.05) is 13.1 Å². The van der Waals surface area contributed by atoms with Gasteiger partial charge in [-0.1, -0.05) is 12.1 Å². The first-order valence-corrected chi connectivity index (χ1v) is 8.83. The van der Waals surface area contributed by atoms with Gasteiger partial charge in [-0.15, -0.1) is 0 Å². The maximum Gasteiger partial charge on any atom is 0.261 e. The molecule has 0 unspecified atom stereocenters. The Morgan fingerprint density at radius 2 is 1.96 bits per heavy atom. The number of hydrogen-bond donors (Lipinski definition) is 1. The normalized spacial score (nSPS) is 14.0. The zero-order valence-corrected chi connectivity index (χ0v) is 14.9. The molecule has 0 aliphatic carbocycles. The number of benzene rings is 1. The number of para-hydroxylation sites is 1. The fraction of sp³-hybridized carbons (Fsp3) is 0.316. The molecule has 1 aliphatic heterocycles. The highest BCUT2D eigenvalue weighted by Gasteiger charge is 2.22. The van der Waals surface area contributed by atoms with Crippen molar-refractivity contribution in [3.8, 4) is 0 Å². The van der Waals surface area contributed by atoms with Gasteiger partial charge in [-0.2, -0.15) is 0 Å². The van der Waals surface area contributed by atoms with Gasteiger partial charge in [-0.25, -0.2) is 9.97 Å². The molecule has 0 saturated carbocycles. The van der Waals surface area contributed by atoms with Crippen LogP contribution in [0.2, 0.25) is 0 Å². The third-order valence-corrected chi connectivity index (χ3v) is 4.86. The van der Waals surface area contributed by atoms with Gasteiger partial charge in [0.25, 0.3) is 11.1 Å². The smallest absolute Gasteiger partial charge is 0.261 e. The van der Waals surface area contributed by atoms with Crippen molar-refractivity contribution in [2.24, 2.45) is 0 Å². The number of fused-ring (bicyclic) bond motifs is 2.